The third-order valence-corrected chi connectivity index (χ3v) is 3.11. The smallest absolute Gasteiger partial charge is 0.251 e. The van der Waals surface area contributed by atoms with Crippen molar-refractivity contribution in [1.82, 2.24) is 10.6 Å². The van der Waals surface area contributed by atoms with Crippen LogP contribution in [0.1, 0.15) is 43.5 Å². The molecule has 4 N–H and O–H groups in total. The van der Waals surface area contributed by atoms with Crippen LogP contribution in [0.15, 0.2) is 24.3 Å². The van der Waals surface area contributed by atoms with Gasteiger partial charge in [-0.15, -0.1) is 0 Å². The van der Waals surface area contributed by atoms with E-state index in [9.17, 15) is 9.59 Å². The van der Waals surface area contributed by atoms with Gasteiger partial charge in [-0.3, -0.25) is 9.59 Å². The van der Waals surface area contributed by atoms with E-state index in [0.29, 0.717) is 23.7 Å². The Morgan fingerprint density at radius 2 is 1.76 bits per heavy atom. The third-order valence-electron chi connectivity index (χ3n) is 3.11. The first-order valence-corrected chi connectivity index (χ1v) is 7.39. The Bertz CT molecular complexity index is 455. The fraction of sp³-hybridized carbons (Fsp3) is 0.500. The number of nitrogen functional groups attached to an aromatic ring is 1. The fourth-order valence-electron chi connectivity index (χ4n) is 1.87. The normalized spacial score (nSPS) is 10.4. The van der Waals surface area contributed by atoms with Crippen LogP contribution >= 0.6 is 0 Å². The number of hydrogen-bond donors (Lipinski definition) is 3. The molecule has 0 bridgehead atoms. The van der Waals surface area contributed by atoms with Crippen molar-refractivity contribution >= 4 is 17.5 Å². The summed E-state index contributed by atoms with van der Waals surface area (Å²) >= 11 is 0. The molecule has 0 unspecified atom stereocenters. The maximum absolute atomic E-state index is 11.8. The van der Waals surface area contributed by atoms with E-state index in [4.69, 9.17) is 5.73 Å². The van der Waals surface area contributed by atoms with Crippen LogP contribution in [0.25, 0.3) is 0 Å². The molecule has 0 heterocycles. The summed E-state index contributed by atoms with van der Waals surface area (Å²) in [5, 5.41) is 5.38. The van der Waals surface area contributed by atoms with Gasteiger partial charge < -0.3 is 16.4 Å². The zero-order valence-electron chi connectivity index (χ0n) is 12.8. The molecule has 5 nitrogen and oxygen atoms in total. The number of amides is 2. The van der Waals surface area contributed by atoms with Gasteiger partial charge in [0.2, 0.25) is 5.91 Å². The zero-order chi connectivity index (χ0) is 15.7. The molecule has 0 saturated carbocycles. The molecule has 0 fully saturated rings. The minimum Gasteiger partial charge on any atom is -0.399 e. The van der Waals surface area contributed by atoms with Gasteiger partial charge in [-0.1, -0.05) is 26.7 Å². The van der Waals surface area contributed by atoms with E-state index in [-0.39, 0.29) is 18.4 Å². The Morgan fingerprint density at radius 1 is 1.10 bits per heavy atom. The van der Waals surface area contributed by atoms with Gasteiger partial charge in [-0.2, -0.15) is 0 Å². The van der Waals surface area contributed by atoms with Gasteiger partial charge in [0.25, 0.3) is 5.91 Å². The first-order chi connectivity index (χ1) is 9.99. The number of unbranched alkanes of at least 4 members (excludes halogenated alkanes) is 1. The molecule has 1 aromatic carbocycles. The summed E-state index contributed by atoms with van der Waals surface area (Å²) < 4.78 is 0. The summed E-state index contributed by atoms with van der Waals surface area (Å²) in [5.74, 6) is 0.258. The standard InChI is InChI=1S/C16H25N3O2/c1-12(2)5-3-4-10-18-15(20)11-19-16(21)13-6-8-14(17)9-7-13/h6-9,12H,3-5,10-11,17H2,1-2H3,(H,18,20)(H,19,21). The molecule has 116 valence electrons. The lowest BCUT2D eigenvalue weighted by Crippen LogP contribution is -2.37. The molecule has 0 aromatic heterocycles. The average molecular weight is 291 g/mol. The van der Waals surface area contributed by atoms with E-state index in [2.05, 4.69) is 24.5 Å². The molecule has 0 atom stereocenters. The van der Waals surface area contributed by atoms with Crippen LogP contribution in [-0.2, 0) is 4.79 Å². The minimum atomic E-state index is -0.273. The summed E-state index contributed by atoms with van der Waals surface area (Å²) in [6, 6.07) is 6.58. The number of rotatable bonds is 8. The predicted molar refractivity (Wildman–Crippen MR) is 84.9 cm³/mol. The Kier molecular flexibility index (Phi) is 7.29. The summed E-state index contributed by atoms with van der Waals surface area (Å²) in [6.45, 7) is 5.02. The van der Waals surface area contributed by atoms with Crippen LogP contribution in [0.5, 0.6) is 0 Å². The Balaban J connectivity index is 2.17. The lowest BCUT2D eigenvalue weighted by molar-refractivity contribution is -0.120. The number of carbonyl (C=O) groups is 2. The average Bonchev–Trinajstić information content (AvgIpc) is 2.44. The molecular weight excluding hydrogens is 266 g/mol. The maximum atomic E-state index is 11.8. The number of benzene rings is 1. The van der Waals surface area contributed by atoms with Crippen molar-refractivity contribution in [3.8, 4) is 0 Å². The highest BCUT2D eigenvalue weighted by Gasteiger charge is 2.07. The van der Waals surface area contributed by atoms with Crippen LogP contribution in [0.2, 0.25) is 0 Å². The lowest BCUT2D eigenvalue weighted by atomic mass is 10.1. The largest absolute Gasteiger partial charge is 0.399 e. The molecule has 0 aliphatic carbocycles. The Labute approximate surface area is 126 Å². The van der Waals surface area contributed by atoms with E-state index in [1.54, 1.807) is 24.3 Å². The van der Waals surface area contributed by atoms with Crippen molar-refractivity contribution < 1.29 is 9.59 Å². The summed E-state index contributed by atoms with van der Waals surface area (Å²) in [4.78, 5) is 23.4. The van der Waals surface area contributed by atoms with Gasteiger partial charge >= 0.3 is 0 Å². The summed E-state index contributed by atoms with van der Waals surface area (Å²) in [7, 11) is 0. The van der Waals surface area contributed by atoms with Crippen LogP contribution < -0.4 is 16.4 Å². The van der Waals surface area contributed by atoms with Gasteiger partial charge in [-0.25, -0.2) is 0 Å². The minimum absolute atomic E-state index is 0.00656. The van der Waals surface area contributed by atoms with Crippen LogP contribution in [0.3, 0.4) is 0 Å². The molecule has 1 rings (SSSR count). The van der Waals surface area contributed by atoms with Crippen molar-refractivity contribution in [2.75, 3.05) is 18.8 Å². The van der Waals surface area contributed by atoms with E-state index < -0.39 is 0 Å². The van der Waals surface area contributed by atoms with E-state index >= 15 is 0 Å². The number of nitrogens with two attached hydrogens (primary N) is 1. The highest BCUT2D eigenvalue weighted by Crippen LogP contribution is 2.05. The second-order valence-corrected chi connectivity index (χ2v) is 5.54. The highest BCUT2D eigenvalue weighted by atomic mass is 16.2. The Hall–Kier alpha value is -2.04. The summed E-state index contributed by atoms with van der Waals surface area (Å²) in [6.07, 6.45) is 3.25. The molecule has 1 aromatic rings. The van der Waals surface area contributed by atoms with E-state index in [1.807, 2.05) is 0 Å². The molecule has 2 amide bonds. The predicted octanol–water partition coefficient (Wildman–Crippen LogP) is 1.94. The van der Waals surface area contributed by atoms with Crippen molar-refractivity contribution in [3.05, 3.63) is 29.8 Å². The molecule has 0 spiro atoms. The molecule has 21 heavy (non-hydrogen) atoms. The zero-order valence-corrected chi connectivity index (χ0v) is 12.8. The van der Waals surface area contributed by atoms with E-state index in [1.165, 1.54) is 6.42 Å². The fourth-order valence-corrected chi connectivity index (χ4v) is 1.87. The van der Waals surface area contributed by atoms with Crippen LogP contribution in [0.4, 0.5) is 5.69 Å². The third kappa shape index (κ3) is 7.34. The second-order valence-electron chi connectivity index (χ2n) is 5.54. The van der Waals surface area contributed by atoms with Crippen molar-refractivity contribution in [2.24, 2.45) is 5.92 Å². The lowest BCUT2D eigenvalue weighted by Gasteiger charge is -2.08. The van der Waals surface area contributed by atoms with Gasteiger partial charge in [-0.05, 0) is 36.6 Å². The molecular formula is C16H25N3O2. The van der Waals surface area contributed by atoms with Gasteiger partial charge in [0.15, 0.2) is 0 Å². The first kappa shape index (κ1) is 17.0. The monoisotopic (exact) mass is 291 g/mol. The molecule has 0 aliphatic rings. The maximum Gasteiger partial charge on any atom is 0.251 e. The first-order valence-electron chi connectivity index (χ1n) is 7.39. The van der Waals surface area contributed by atoms with Gasteiger partial charge in [0, 0.05) is 17.8 Å². The van der Waals surface area contributed by atoms with Crippen molar-refractivity contribution in [1.29, 1.82) is 0 Å². The second kappa shape index (κ2) is 9.00. The molecule has 0 aliphatic heterocycles. The van der Waals surface area contributed by atoms with E-state index in [0.717, 1.165) is 12.8 Å². The number of anilines is 1. The molecule has 0 saturated heterocycles. The topological polar surface area (TPSA) is 84.2 Å². The quantitative estimate of drug-likeness (QED) is 0.505. The van der Waals surface area contributed by atoms with Gasteiger partial charge in [0.1, 0.15) is 0 Å². The van der Waals surface area contributed by atoms with Crippen LogP contribution in [-0.4, -0.2) is 24.9 Å². The SMILES string of the molecule is CC(C)CCCCNC(=O)CNC(=O)c1ccc(N)cc1. The Morgan fingerprint density at radius 3 is 2.38 bits per heavy atom. The number of nitrogens with one attached hydrogen (secondary N) is 2. The van der Waals surface area contributed by atoms with Crippen molar-refractivity contribution in [2.45, 2.75) is 33.1 Å². The van der Waals surface area contributed by atoms with Crippen LogP contribution in [0, 0.1) is 5.92 Å². The molecule has 0 radical (unpaired) electrons. The number of hydrogen-bond acceptors (Lipinski definition) is 3. The highest BCUT2D eigenvalue weighted by molar-refractivity contribution is 5.96. The van der Waals surface area contributed by atoms with Crippen molar-refractivity contribution in [3.63, 3.8) is 0 Å². The van der Waals surface area contributed by atoms with Gasteiger partial charge in [0.05, 0.1) is 6.54 Å². The summed E-state index contributed by atoms with van der Waals surface area (Å²) in [5.41, 5.74) is 6.65. The number of carbonyl (C=O) groups excluding carboxylic acids is 2. The molecule has 5 heteroatoms.